The third kappa shape index (κ3) is 12.6. The molecule has 0 aliphatic heterocycles. The number of benzene rings is 6. The lowest BCUT2D eigenvalue weighted by molar-refractivity contribution is 0.0469. The normalized spacial score (nSPS) is 14.1. The second kappa shape index (κ2) is 24.9. The molecule has 0 unspecified atom stereocenters. The van der Waals surface area contributed by atoms with Crippen LogP contribution in [-0.2, 0) is 9.47 Å². The maximum absolute atomic E-state index is 9.58. The lowest BCUT2D eigenvalue weighted by Gasteiger charge is -2.39. The Labute approximate surface area is 375 Å². The van der Waals surface area contributed by atoms with Gasteiger partial charge in [-0.3, -0.25) is 0 Å². The van der Waals surface area contributed by atoms with E-state index in [1.165, 1.54) is 69.8 Å². The van der Waals surface area contributed by atoms with Crippen molar-refractivity contribution in [3.05, 3.63) is 140 Å². The quantitative estimate of drug-likeness (QED) is 0.0825. The summed E-state index contributed by atoms with van der Waals surface area (Å²) in [4.78, 5) is 0. The first kappa shape index (κ1) is 47.0. The molecule has 6 aromatic rings. The smallest absolute Gasteiger partial charge is 0.188 e. The molecule has 0 heterocycles. The second-order valence-corrected chi connectivity index (χ2v) is 18.4. The highest BCUT2D eigenvalue weighted by molar-refractivity contribution is 7.67. The van der Waals surface area contributed by atoms with Crippen LogP contribution in [-0.4, -0.2) is 63.6 Å². The summed E-state index contributed by atoms with van der Waals surface area (Å²) < 4.78 is 32.8. The Morgan fingerprint density at radius 2 is 0.841 bits per heavy atom. The van der Waals surface area contributed by atoms with Gasteiger partial charge in [0.25, 0.3) is 0 Å². The fraction of sp³-hybridized carbons (Fsp3) is 0.333. The summed E-state index contributed by atoms with van der Waals surface area (Å²) in [5.41, 5.74) is 7.42. The molecule has 6 aromatic carbocycles. The van der Waals surface area contributed by atoms with Gasteiger partial charge in [-0.05, 0) is 95.4 Å². The molecule has 0 radical (unpaired) electrons. The van der Waals surface area contributed by atoms with Crippen LogP contribution in [0.25, 0.3) is 33.4 Å². The first-order valence-corrected chi connectivity index (χ1v) is 23.5. The molecule has 2 fully saturated rings. The van der Waals surface area contributed by atoms with Gasteiger partial charge in [0.2, 0.25) is 0 Å². The SMILES string of the molecule is COCOc1cccc(OCOC)c1-c1ccccc1.COc1cccc(OC)c1-c1ccccc1P(C1CCCCC1)C1CCCCC1.Oc1cccc(O)c1-c1ccccc1. The Bertz CT molecular complexity index is 2170. The van der Waals surface area contributed by atoms with Crippen molar-refractivity contribution in [2.45, 2.75) is 75.5 Å². The van der Waals surface area contributed by atoms with Crippen LogP contribution < -0.4 is 24.3 Å². The van der Waals surface area contributed by atoms with E-state index in [9.17, 15) is 10.2 Å². The van der Waals surface area contributed by atoms with Crippen LogP contribution >= 0.6 is 7.92 Å². The van der Waals surface area contributed by atoms with Crippen LogP contribution in [0.3, 0.4) is 0 Å². The molecule has 0 atom stereocenters. The minimum absolute atomic E-state index is 0.0937. The number of methoxy groups -OCH3 is 4. The molecule has 0 aromatic heterocycles. The van der Waals surface area contributed by atoms with Gasteiger partial charge in [-0.25, -0.2) is 0 Å². The minimum atomic E-state index is -0.182. The fourth-order valence-electron chi connectivity index (χ4n) is 8.75. The average molecular weight is 871 g/mol. The van der Waals surface area contributed by atoms with Gasteiger partial charge >= 0.3 is 0 Å². The lowest BCUT2D eigenvalue weighted by atomic mass is 9.99. The molecule has 0 saturated heterocycles. The summed E-state index contributed by atoms with van der Waals surface area (Å²) in [6.45, 7) is 0.376. The van der Waals surface area contributed by atoms with Gasteiger partial charge in [-0.1, -0.05) is 150 Å². The minimum Gasteiger partial charge on any atom is -0.507 e. The Balaban J connectivity index is 0.000000169. The van der Waals surface area contributed by atoms with E-state index in [0.29, 0.717) is 17.1 Å². The molecule has 2 saturated carbocycles. The molecular formula is C54H63O8P. The highest BCUT2D eigenvalue weighted by Crippen LogP contribution is 2.57. The number of aromatic hydroxyl groups is 2. The number of hydrogen-bond acceptors (Lipinski definition) is 8. The zero-order valence-electron chi connectivity index (χ0n) is 37.2. The van der Waals surface area contributed by atoms with E-state index in [1.807, 2.05) is 84.9 Å². The van der Waals surface area contributed by atoms with E-state index in [0.717, 1.165) is 45.1 Å². The number of hydrogen-bond donors (Lipinski definition) is 2. The lowest BCUT2D eigenvalue weighted by Crippen LogP contribution is -2.27. The number of phenolic OH excluding ortho intramolecular Hbond substituents is 2. The van der Waals surface area contributed by atoms with Crippen LogP contribution in [0, 0.1) is 0 Å². The number of ether oxygens (including phenoxy) is 6. The summed E-state index contributed by atoms with van der Waals surface area (Å²) in [5.74, 6) is 3.45. The highest BCUT2D eigenvalue weighted by atomic mass is 31.1. The monoisotopic (exact) mass is 870 g/mol. The maximum atomic E-state index is 9.58. The van der Waals surface area contributed by atoms with Crippen molar-refractivity contribution >= 4 is 13.2 Å². The van der Waals surface area contributed by atoms with Crippen LogP contribution in [0.15, 0.2) is 140 Å². The second-order valence-electron chi connectivity index (χ2n) is 15.7. The topological polar surface area (TPSA) is 95.8 Å². The summed E-state index contributed by atoms with van der Waals surface area (Å²) in [6, 6.07) is 44.9. The van der Waals surface area contributed by atoms with Crippen molar-refractivity contribution < 1.29 is 38.6 Å². The zero-order chi connectivity index (χ0) is 44.2. The molecule has 8 rings (SSSR count). The van der Waals surface area contributed by atoms with Crippen molar-refractivity contribution in [3.8, 4) is 67.9 Å². The predicted molar refractivity (Wildman–Crippen MR) is 257 cm³/mol. The summed E-state index contributed by atoms with van der Waals surface area (Å²) in [5, 5.41) is 20.8. The van der Waals surface area contributed by atoms with Crippen molar-refractivity contribution in [2.75, 3.05) is 42.0 Å². The van der Waals surface area contributed by atoms with E-state index in [1.54, 1.807) is 51.9 Å². The Morgan fingerprint density at radius 1 is 0.429 bits per heavy atom. The van der Waals surface area contributed by atoms with Crippen molar-refractivity contribution in [1.29, 1.82) is 0 Å². The molecule has 63 heavy (non-hydrogen) atoms. The fourth-order valence-corrected chi connectivity index (χ4v) is 12.7. The zero-order valence-corrected chi connectivity index (χ0v) is 38.1. The molecule has 8 nitrogen and oxygen atoms in total. The summed E-state index contributed by atoms with van der Waals surface area (Å²) in [6.07, 6.45) is 14.2. The van der Waals surface area contributed by atoms with Gasteiger partial charge in [0.05, 0.1) is 30.9 Å². The van der Waals surface area contributed by atoms with Gasteiger partial charge < -0.3 is 38.6 Å². The Kier molecular flexibility index (Phi) is 18.6. The molecule has 9 heteroatoms. The van der Waals surface area contributed by atoms with Crippen LogP contribution in [0.4, 0.5) is 0 Å². The third-order valence-electron chi connectivity index (χ3n) is 11.6. The Morgan fingerprint density at radius 3 is 1.30 bits per heavy atom. The summed E-state index contributed by atoms with van der Waals surface area (Å²) in [7, 11) is 6.54. The van der Waals surface area contributed by atoms with Gasteiger partial charge in [0, 0.05) is 14.2 Å². The number of phenols is 2. The van der Waals surface area contributed by atoms with E-state index >= 15 is 0 Å². The van der Waals surface area contributed by atoms with Crippen LogP contribution in [0.2, 0.25) is 0 Å². The first-order chi connectivity index (χ1) is 31.0. The van der Waals surface area contributed by atoms with Crippen molar-refractivity contribution in [1.82, 2.24) is 0 Å². The average Bonchev–Trinajstić information content (AvgIpc) is 3.34. The standard InChI is InChI=1S/C26H35O2P.C16H18O4.C12H10O2/c1-27-23-17-11-18-24(28-2)26(23)22-16-9-10-19-25(22)29(20-12-5-3-6-13-20)21-14-7-4-8-15-21;1-17-11-19-14-9-6-10-15(20-12-18-2)16(14)13-7-4-3-5-8-13;13-10-7-4-8-11(14)12(10)9-5-2-1-3-6-9/h9-11,16-21H,3-8,12-15H2,1-2H3;3-10H,11-12H2,1-2H3;1-8,13-14H. The van der Waals surface area contributed by atoms with Crippen LogP contribution in [0.5, 0.6) is 34.5 Å². The maximum Gasteiger partial charge on any atom is 0.188 e. The van der Waals surface area contributed by atoms with E-state index in [-0.39, 0.29) is 33.0 Å². The largest absolute Gasteiger partial charge is 0.507 e. The molecule has 2 aliphatic carbocycles. The van der Waals surface area contributed by atoms with E-state index in [4.69, 9.17) is 28.4 Å². The Hall–Kier alpha value is -5.53. The molecule has 2 N–H and O–H groups in total. The van der Waals surface area contributed by atoms with E-state index < -0.39 is 0 Å². The van der Waals surface area contributed by atoms with Crippen LogP contribution in [0.1, 0.15) is 64.2 Å². The van der Waals surface area contributed by atoms with E-state index in [2.05, 4.69) is 36.4 Å². The van der Waals surface area contributed by atoms with Gasteiger partial charge in [0.1, 0.15) is 34.5 Å². The van der Waals surface area contributed by atoms with Crippen molar-refractivity contribution in [2.24, 2.45) is 0 Å². The first-order valence-electron chi connectivity index (χ1n) is 22.1. The molecule has 0 spiro atoms. The third-order valence-corrected chi connectivity index (χ3v) is 15.2. The summed E-state index contributed by atoms with van der Waals surface area (Å²) >= 11 is 0. The van der Waals surface area contributed by atoms with Gasteiger partial charge in [-0.15, -0.1) is 0 Å². The van der Waals surface area contributed by atoms with Gasteiger partial charge in [0.15, 0.2) is 13.6 Å². The molecule has 0 bridgehead atoms. The number of rotatable bonds is 14. The molecule has 2 aliphatic rings. The van der Waals surface area contributed by atoms with Crippen molar-refractivity contribution in [3.63, 3.8) is 0 Å². The molecule has 332 valence electrons. The predicted octanol–water partition coefficient (Wildman–Crippen LogP) is 13.2. The molecular weight excluding hydrogens is 808 g/mol. The highest BCUT2D eigenvalue weighted by Gasteiger charge is 2.34. The molecule has 0 amide bonds. The van der Waals surface area contributed by atoms with Gasteiger partial charge in [-0.2, -0.15) is 0 Å².